The Morgan fingerprint density at radius 1 is 1.11 bits per heavy atom. The summed E-state index contributed by atoms with van der Waals surface area (Å²) in [6.07, 6.45) is 0. The summed E-state index contributed by atoms with van der Waals surface area (Å²) in [4.78, 5) is 34.2. The molecule has 2 aromatic rings. The zero-order valence-corrected chi connectivity index (χ0v) is 15.0. The number of carbonyl (C=O) groups excluding carboxylic acids is 2. The van der Waals surface area contributed by atoms with Crippen molar-refractivity contribution in [3.63, 3.8) is 0 Å². The molecule has 0 aromatic heterocycles. The summed E-state index contributed by atoms with van der Waals surface area (Å²) >= 11 is 0. The number of hydrogen-bond donors (Lipinski definition) is 1. The van der Waals surface area contributed by atoms with Gasteiger partial charge in [0.25, 0.3) is 11.6 Å². The van der Waals surface area contributed by atoms with E-state index in [1.807, 2.05) is 13.8 Å². The van der Waals surface area contributed by atoms with E-state index in [0.717, 1.165) is 0 Å². The van der Waals surface area contributed by atoms with E-state index in [0.29, 0.717) is 18.3 Å². The number of para-hydroxylation sites is 2. The zero-order chi connectivity index (χ0) is 19.8. The van der Waals surface area contributed by atoms with E-state index in [4.69, 9.17) is 9.47 Å². The van der Waals surface area contributed by atoms with Crippen LogP contribution in [0.25, 0.3) is 0 Å². The van der Waals surface area contributed by atoms with Crippen molar-refractivity contribution >= 4 is 23.3 Å². The number of nitro benzene ring substituents is 1. The zero-order valence-electron chi connectivity index (χ0n) is 15.0. The third-order valence-corrected chi connectivity index (χ3v) is 3.38. The van der Waals surface area contributed by atoms with Gasteiger partial charge in [-0.2, -0.15) is 0 Å². The van der Waals surface area contributed by atoms with Gasteiger partial charge in [0.1, 0.15) is 11.4 Å². The fraction of sp³-hybridized carbons (Fsp3) is 0.263. The molecule has 142 valence electrons. The Hall–Kier alpha value is -3.42. The average molecular weight is 372 g/mol. The van der Waals surface area contributed by atoms with Crippen molar-refractivity contribution in [2.24, 2.45) is 5.92 Å². The number of nitrogens with zero attached hydrogens (tertiary/aromatic N) is 1. The summed E-state index contributed by atoms with van der Waals surface area (Å²) < 4.78 is 10.5. The monoisotopic (exact) mass is 372 g/mol. The summed E-state index contributed by atoms with van der Waals surface area (Å²) in [7, 11) is 0. The van der Waals surface area contributed by atoms with Crippen LogP contribution in [0, 0.1) is 16.0 Å². The van der Waals surface area contributed by atoms with Gasteiger partial charge in [0, 0.05) is 6.07 Å². The Morgan fingerprint density at radius 3 is 2.41 bits per heavy atom. The van der Waals surface area contributed by atoms with Crippen LogP contribution in [-0.4, -0.2) is 30.0 Å². The number of esters is 1. The average Bonchev–Trinajstić information content (AvgIpc) is 2.65. The third-order valence-electron chi connectivity index (χ3n) is 3.38. The molecule has 0 atom stereocenters. The number of nitrogens with one attached hydrogen (secondary N) is 1. The molecule has 0 spiro atoms. The van der Waals surface area contributed by atoms with Crippen molar-refractivity contribution in [1.29, 1.82) is 0 Å². The molecule has 1 amide bonds. The smallest absolute Gasteiger partial charge is 0.338 e. The van der Waals surface area contributed by atoms with Gasteiger partial charge in [-0.15, -0.1) is 0 Å². The lowest BCUT2D eigenvalue weighted by Crippen LogP contribution is -2.21. The number of hydrogen-bond acceptors (Lipinski definition) is 6. The van der Waals surface area contributed by atoms with Gasteiger partial charge in [-0.25, -0.2) is 4.79 Å². The van der Waals surface area contributed by atoms with Crippen LogP contribution in [-0.2, 0) is 9.53 Å². The maximum Gasteiger partial charge on any atom is 0.338 e. The number of rotatable bonds is 8. The SMILES string of the molecule is CC(C)COc1ccc(C(=O)OCC(=O)Nc2ccccc2[N+](=O)[O-])cc1. The molecule has 0 saturated heterocycles. The van der Waals surface area contributed by atoms with Gasteiger partial charge < -0.3 is 14.8 Å². The van der Waals surface area contributed by atoms with Gasteiger partial charge in [0.15, 0.2) is 6.61 Å². The molecule has 0 radical (unpaired) electrons. The highest BCUT2D eigenvalue weighted by molar-refractivity contribution is 5.96. The predicted octanol–water partition coefficient (Wildman–Crippen LogP) is 3.43. The second-order valence-electron chi connectivity index (χ2n) is 6.13. The molecule has 2 aromatic carbocycles. The standard InChI is InChI=1S/C19H20N2O6/c1-13(2)11-26-15-9-7-14(8-10-15)19(23)27-12-18(22)20-16-5-3-4-6-17(16)21(24)25/h3-10,13H,11-12H2,1-2H3,(H,20,22). The lowest BCUT2D eigenvalue weighted by Gasteiger charge is -2.09. The van der Waals surface area contributed by atoms with E-state index in [1.165, 1.54) is 30.3 Å². The van der Waals surface area contributed by atoms with E-state index in [2.05, 4.69) is 5.32 Å². The molecule has 0 aliphatic carbocycles. The van der Waals surface area contributed by atoms with E-state index in [1.54, 1.807) is 18.2 Å². The number of benzene rings is 2. The van der Waals surface area contributed by atoms with Gasteiger partial charge >= 0.3 is 5.97 Å². The Balaban J connectivity index is 1.88. The quantitative estimate of drug-likeness (QED) is 0.432. The fourth-order valence-corrected chi connectivity index (χ4v) is 2.09. The minimum Gasteiger partial charge on any atom is -0.493 e. The summed E-state index contributed by atoms with van der Waals surface area (Å²) in [6, 6.07) is 12.1. The molecule has 0 heterocycles. The third kappa shape index (κ3) is 6.10. The van der Waals surface area contributed by atoms with Crippen molar-refractivity contribution in [2.45, 2.75) is 13.8 Å². The molecular weight excluding hydrogens is 352 g/mol. The van der Waals surface area contributed by atoms with Crippen molar-refractivity contribution in [3.05, 3.63) is 64.2 Å². The van der Waals surface area contributed by atoms with Gasteiger partial charge in [0.05, 0.1) is 17.1 Å². The Bertz CT molecular complexity index is 817. The van der Waals surface area contributed by atoms with Crippen LogP contribution in [0.5, 0.6) is 5.75 Å². The van der Waals surface area contributed by atoms with Crippen LogP contribution in [0.4, 0.5) is 11.4 Å². The number of amides is 1. The molecule has 0 aliphatic heterocycles. The number of carbonyl (C=O) groups is 2. The van der Waals surface area contributed by atoms with Crippen LogP contribution in [0.15, 0.2) is 48.5 Å². The largest absolute Gasteiger partial charge is 0.493 e. The van der Waals surface area contributed by atoms with Crippen LogP contribution < -0.4 is 10.1 Å². The lowest BCUT2D eigenvalue weighted by atomic mass is 10.2. The molecule has 2 rings (SSSR count). The minimum atomic E-state index is -0.678. The lowest BCUT2D eigenvalue weighted by molar-refractivity contribution is -0.383. The van der Waals surface area contributed by atoms with E-state index in [-0.39, 0.29) is 16.9 Å². The molecular formula is C19H20N2O6. The second kappa shape index (κ2) is 9.33. The van der Waals surface area contributed by atoms with E-state index >= 15 is 0 Å². The number of anilines is 1. The molecule has 8 nitrogen and oxygen atoms in total. The van der Waals surface area contributed by atoms with Gasteiger partial charge in [0.2, 0.25) is 0 Å². The molecule has 27 heavy (non-hydrogen) atoms. The molecule has 8 heteroatoms. The fourth-order valence-electron chi connectivity index (χ4n) is 2.09. The van der Waals surface area contributed by atoms with Crippen molar-refractivity contribution in [1.82, 2.24) is 0 Å². The summed E-state index contributed by atoms with van der Waals surface area (Å²) in [6.45, 7) is 4.06. The maximum absolute atomic E-state index is 12.0. The first-order valence-electron chi connectivity index (χ1n) is 8.30. The van der Waals surface area contributed by atoms with Crippen molar-refractivity contribution in [3.8, 4) is 5.75 Å². The highest BCUT2D eigenvalue weighted by Gasteiger charge is 2.16. The van der Waals surface area contributed by atoms with Crippen LogP contribution in [0.2, 0.25) is 0 Å². The van der Waals surface area contributed by atoms with Crippen LogP contribution >= 0.6 is 0 Å². The molecule has 0 bridgehead atoms. The molecule has 0 aliphatic rings. The van der Waals surface area contributed by atoms with Crippen molar-refractivity contribution < 1.29 is 24.0 Å². The Labute approximate surface area is 156 Å². The number of nitro groups is 1. The Kier molecular flexibility index (Phi) is 6.87. The number of ether oxygens (including phenoxy) is 2. The van der Waals surface area contributed by atoms with Gasteiger partial charge in [-0.05, 0) is 36.2 Å². The summed E-state index contributed by atoms with van der Waals surface area (Å²) in [5.74, 6) is -0.333. The highest BCUT2D eigenvalue weighted by Crippen LogP contribution is 2.23. The Morgan fingerprint density at radius 2 is 1.78 bits per heavy atom. The second-order valence-corrected chi connectivity index (χ2v) is 6.13. The first-order valence-corrected chi connectivity index (χ1v) is 8.30. The van der Waals surface area contributed by atoms with Crippen LogP contribution in [0.1, 0.15) is 24.2 Å². The molecule has 0 unspecified atom stereocenters. The van der Waals surface area contributed by atoms with Crippen molar-refractivity contribution in [2.75, 3.05) is 18.5 Å². The first-order chi connectivity index (χ1) is 12.9. The van der Waals surface area contributed by atoms with Gasteiger partial charge in [-0.3, -0.25) is 14.9 Å². The van der Waals surface area contributed by atoms with E-state index < -0.39 is 23.4 Å². The highest BCUT2D eigenvalue weighted by atomic mass is 16.6. The normalized spacial score (nSPS) is 10.3. The maximum atomic E-state index is 12.0. The van der Waals surface area contributed by atoms with Crippen LogP contribution in [0.3, 0.4) is 0 Å². The van der Waals surface area contributed by atoms with E-state index in [9.17, 15) is 19.7 Å². The topological polar surface area (TPSA) is 108 Å². The molecule has 1 N–H and O–H groups in total. The molecule has 0 fully saturated rings. The molecule has 0 saturated carbocycles. The predicted molar refractivity (Wildman–Crippen MR) is 98.8 cm³/mol. The summed E-state index contributed by atoms with van der Waals surface area (Å²) in [5, 5.41) is 13.3. The minimum absolute atomic E-state index is 0.0372. The summed E-state index contributed by atoms with van der Waals surface area (Å²) in [5.41, 5.74) is 0.0646. The first kappa shape index (κ1) is 19.9. The van der Waals surface area contributed by atoms with Gasteiger partial charge in [-0.1, -0.05) is 26.0 Å².